The molecule has 1 heterocycles. The molecule has 1 amide bonds. The van der Waals surface area contributed by atoms with Gasteiger partial charge in [-0.2, -0.15) is 4.99 Å². The van der Waals surface area contributed by atoms with Crippen molar-refractivity contribution >= 4 is 33.4 Å². The Morgan fingerprint density at radius 2 is 1.83 bits per heavy atom. The number of aryl methyl sites for hydroxylation is 1. The Morgan fingerprint density at radius 1 is 1.14 bits per heavy atom. The summed E-state index contributed by atoms with van der Waals surface area (Å²) in [6.07, 6.45) is 0.538. The minimum atomic E-state index is -0.539. The molecule has 5 nitrogen and oxygen atoms in total. The standard InChI is InChI=1S/C23H26N2O3S/c1-6-18(22(27)28-5)25-19-12-11-17(14(2)3)13-20(19)29-23(25)24-21(26)16-9-7-15(4)8-10-16/h7-14,18H,6H2,1-5H3. The van der Waals surface area contributed by atoms with Crippen LogP contribution >= 0.6 is 11.3 Å². The average Bonchev–Trinajstić information content (AvgIpc) is 3.05. The fraction of sp³-hybridized carbons (Fsp3) is 0.348. The number of benzene rings is 2. The third-order valence-corrected chi connectivity index (χ3v) is 6.00. The van der Waals surface area contributed by atoms with Crippen molar-refractivity contribution in [2.45, 2.75) is 46.1 Å². The molecule has 152 valence electrons. The van der Waals surface area contributed by atoms with Gasteiger partial charge in [-0.25, -0.2) is 4.79 Å². The van der Waals surface area contributed by atoms with Gasteiger partial charge in [-0.05, 0) is 49.1 Å². The highest BCUT2D eigenvalue weighted by atomic mass is 32.1. The number of fused-ring (bicyclic) bond motifs is 1. The lowest BCUT2D eigenvalue weighted by Crippen LogP contribution is -2.28. The van der Waals surface area contributed by atoms with Crippen LogP contribution in [0.25, 0.3) is 10.2 Å². The van der Waals surface area contributed by atoms with Crippen LogP contribution in [0.1, 0.15) is 60.6 Å². The zero-order valence-corrected chi connectivity index (χ0v) is 18.2. The third kappa shape index (κ3) is 4.32. The van der Waals surface area contributed by atoms with Crippen molar-refractivity contribution in [2.24, 2.45) is 4.99 Å². The SMILES string of the molecule is CCC(C(=O)OC)n1c(=NC(=O)c2ccc(C)cc2)sc2cc(C(C)C)ccc21. The second kappa shape index (κ2) is 8.74. The summed E-state index contributed by atoms with van der Waals surface area (Å²) >= 11 is 1.42. The van der Waals surface area contributed by atoms with Gasteiger partial charge >= 0.3 is 5.97 Å². The number of methoxy groups -OCH3 is 1. The van der Waals surface area contributed by atoms with Crippen molar-refractivity contribution in [3.05, 3.63) is 64.0 Å². The molecule has 0 fully saturated rings. The molecule has 0 aliphatic carbocycles. The van der Waals surface area contributed by atoms with Gasteiger partial charge in [0.25, 0.3) is 5.91 Å². The van der Waals surface area contributed by atoms with Gasteiger partial charge < -0.3 is 9.30 Å². The second-order valence-electron chi connectivity index (χ2n) is 7.37. The van der Waals surface area contributed by atoms with Gasteiger partial charge in [0.15, 0.2) is 4.80 Å². The molecule has 0 N–H and O–H groups in total. The van der Waals surface area contributed by atoms with E-state index in [0.717, 1.165) is 15.8 Å². The quantitative estimate of drug-likeness (QED) is 0.556. The first-order chi connectivity index (χ1) is 13.8. The molecule has 29 heavy (non-hydrogen) atoms. The summed E-state index contributed by atoms with van der Waals surface area (Å²) in [6.45, 7) is 8.17. The van der Waals surface area contributed by atoms with E-state index in [9.17, 15) is 9.59 Å². The number of ether oxygens (including phenoxy) is 1. The highest BCUT2D eigenvalue weighted by Crippen LogP contribution is 2.27. The third-order valence-electron chi connectivity index (χ3n) is 4.98. The van der Waals surface area contributed by atoms with E-state index in [4.69, 9.17) is 4.74 Å². The van der Waals surface area contributed by atoms with Crippen LogP contribution in [0.15, 0.2) is 47.5 Å². The Hall–Kier alpha value is -2.73. The van der Waals surface area contributed by atoms with Crippen LogP contribution in [0.2, 0.25) is 0 Å². The average molecular weight is 411 g/mol. The molecule has 2 aromatic carbocycles. The Balaban J connectivity index is 2.23. The smallest absolute Gasteiger partial charge is 0.328 e. The first kappa shape index (κ1) is 21.0. The maximum absolute atomic E-state index is 12.8. The topological polar surface area (TPSA) is 60.7 Å². The van der Waals surface area contributed by atoms with Crippen LogP contribution in [0, 0.1) is 6.92 Å². The van der Waals surface area contributed by atoms with Crippen molar-refractivity contribution in [1.29, 1.82) is 0 Å². The van der Waals surface area contributed by atoms with Gasteiger partial charge in [0.05, 0.1) is 17.3 Å². The normalized spacial score (nSPS) is 13.1. The van der Waals surface area contributed by atoms with E-state index in [2.05, 4.69) is 31.0 Å². The number of amides is 1. The zero-order valence-electron chi connectivity index (χ0n) is 17.4. The van der Waals surface area contributed by atoms with E-state index in [1.807, 2.05) is 36.6 Å². The van der Waals surface area contributed by atoms with Gasteiger partial charge in [-0.3, -0.25) is 4.79 Å². The maximum atomic E-state index is 12.8. The molecule has 1 unspecified atom stereocenters. The van der Waals surface area contributed by atoms with Crippen molar-refractivity contribution in [1.82, 2.24) is 4.57 Å². The van der Waals surface area contributed by atoms with Crippen LogP contribution in [0.4, 0.5) is 0 Å². The summed E-state index contributed by atoms with van der Waals surface area (Å²) in [7, 11) is 1.38. The van der Waals surface area contributed by atoms with Gasteiger partial charge in [0.2, 0.25) is 0 Å². The fourth-order valence-electron chi connectivity index (χ4n) is 3.24. The summed E-state index contributed by atoms with van der Waals surface area (Å²) in [5, 5.41) is 0. The van der Waals surface area contributed by atoms with Crippen molar-refractivity contribution in [3.8, 4) is 0 Å². The van der Waals surface area contributed by atoms with Crippen LogP contribution in [-0.4, -0.2) is 23.6 Å². The van der Waals surface area contributed by atoms with E-state index in [1.54, 1.807) is 12.1 Å². The Morgan fingerprint density at radius 3 is 2.41 bits per heavy atom. The summed E-state index contributed by atoms with van der Waals surface area (Å²) in [5.41, 5.74) is 3.69. The maximum Gasteiger partial charge on any atom is 0.328 e. The van der Waals surface area contributed by atoms with Crippen molar-refractivity contribution < 1.29 is 14.3 Å². The number of esters is 1. The fourth-order valence-corrected chi connectivity index (χ4v) is 4.35. The number of carbonyl (C=O) groups is 2. The van der Waals surface area contributed by atoms with Crippen molar-refractivity contribution in [3.63, 3.8) is 0 Å². The van der Waals surface area contributed by atoms with Crippen LogP contribution in [0.3, 0.4) is 0 Å². The molecule has 0 aliphatic heterocycles. The molecule has 0 saturated carbocycles. The molecule has 6 heteroatoms. The molecule has 0 bridgehead atoms. The van der Waals surface area contributed by atoms with E-state index in [0.29, 0.717) is 22.7 Å². The predicted octanol–water partition coefficient (Wildman–Crippen LogP) is 5.00. The van der Waals surface area contributed by atoms with Crippen LogP contribution in [0.5, 0.6) is 0 Å². The number of aromatic nitrogens is 1. The van der Waals surface area contributed by atoms with Gasteiger partial charge in [-0.15, -0.1) is 0 Å². The summed E-state index contributed by atoms with van der Waals surface area (Å²) in [6, 6.07) is 13.0. The molecule has 0 radical (unpaired) electrons. The number of hydrogen-bond donors (Lipinski definition) is 0. The van der Waals surface area contributed by atoms with E-state index in [1.165, 1.54) is 24.0 Å². The minimum Gasteiger partial charge on any atom is -0.467 e. The lowest BCUT2D eigenvalue weighted by atomic mass is 10.0. The largest absolute Gasteiger partial charge is 0.467 e. The molecule has 1 atom stereocenters. The Bertz CT molecular complexity index is 1110. The molecule has 0 spiro atoms. The van der Waals surface area contributed by atoms with Crippen LogP contribution in [-0.2, 0) is 9.53 Å². The second-order valence-corrected chi connectivity index (χ2v) is 8.38. The number of hydrogen-bond acceptors (Lipinski definition) is 4. The highest BCUT2D eigenvalue weighted by molar-refractivity contribution is 7.16. The minimum absolute atomic E-state index is 0.325. The predicted molar refractivity (Wildman–Crippen MR) is 116 cm³/mol. The summed E-state index contributed by atoms with van der Waals surface area (Å²) in [5.74, 6) is -0.286. The molecule has 3 aromatic rings. The number of carbonyl (C=O) groups excluding carboxylic acids is 2. The summed E-state index contributed by atoms with van der Waals surface area (Å²) < 4.78 is 7.84. The van der Waals surface area contributed by atoms with Gasteiger partial charge in [0, 0.05) is 5.56 Å². The van der Waals surface area contributed by atoms with E-state index in [-0.39, 0.29) is 11.9 Å². The molecule has 0 saturated heterocycles. The highest BCUT2D eigenvalue weighted by Gasteiger charge is 2.23. The lowest BCUT2D eigenvalue weighted by molar-refractivity contribution is -0.144. The van der Waals surface area contributed by atoms with Gasteiger partial charge in [0.1, 0.15) is 6.04 Å². The molecular weight excluding hydrogens is 384 g/mol. The lowest BCUT2D eigenvalue weighted by Gasteiger charge is -2.16. The number of thiazole rings is 1. The first-order valence-electron chi connectivity index (χ1n) is 9.74. The van der Waals surface area contributed by atoms with E-state index < -0.39 is 6.04 Å². The van der Waals surface area contributed by atoms with Gasteiger partial charge in [-0.1, -0.05) is 55.9 Å². The monoisotopic (exact) mass is 410 g/mol. The summed E-state index contributed by atoms with van der Waals surface area (Å²) in [4.78, 5) is 30.1. The molecule has 1 aromatic heterocycles. The number of nitrogens with zero attached hydrogens (tertiary/aromatic N) is 2. The molecule has 0 aliphatic rings. The molecule has 3 rings (SSSR count). The van der Waals surface area contributed by atoms with Crippen LogP contribution < -0.4 is 4.80 Å². The first-order valence-corrected chi connectivity index (χ1v) is 10.6. The van der Waals surface area contributed by atoms with E-state index >= 15 is 0 Å². The van der Waals surface area contributed by atoms with Crippen molar-refractivity contribution in [2.75, 3.05) is 7.11 Å². The zero-order chi connectivity index (χ0) is 21.1. The number of rotatable bonds is 5. The Labute approximate surface area is 174 Å². The molecular formula is C23H26N2O3S. The Kier molecular flexibility index (Phi) is 6.33.